The number of benzene rings is 2. The molecule has 2 aromatic rings. The van der Waals surface area contributed by atoms with Crippen LogP contribution in [-0.2, 0) is 11.3 Å². The number of carbonyl (C=O) groups excluding carboxylic acids is 2. The van der Waals surface area contributed by atoms with Gasteiger partial charge in [-0.25, -0.2) is 4.79 Å². The highest BCUT2D eigenvalue weighted by Crippen LogP contribution is 2.27. The molecule has 4 rings (SSSR count). The van der Waals surface area contributed by atoms with Gasteiger partial charge in [0.05, 0.1) is 12.2 Å². The topological polar surface area (TPSA) is 91.3 Å². The molecule has 8 nitrogen and oxygen atoms in total. The van der Waals surface area contributed by atoms with Crippen LogP contribution in [0.25, 0.3) is 0 Å². The van der Waals surface area contributed by atoms with Crippen molar-refractivity contribution < 1.29 is 24.2 Å². The van der Waals surface area contributed by atoms with Gasteiger partial charge >= 0.3 is 6.03 Å². The lowest BCUT2D eigenvalue weighted by atomic mass is 9.96. The molecule has 2 aliphatic heterocycles. The molecular formula is C28H37N3O5. The Morgan fingerprint density at radius 2 is 1.83 bits per heavy atom. The van der Waals surface area contributed by atoms with E-state index < -0.39 is 5.60 Å². The standard InChI is InChI=1S/C28H37N3O5/c1-21-5-10-25(22(2)17-21)36-20-28(34)11-3-13-30(15-12-28)18-23-6-8-24(9-7-23)35-16-4-14-31-19-26(32)29-27(31)33/h5-10,17,34H,3-4,11-16,18-20H2,1-2H3,(H,29,32,33). The Kier molecular flexibility index (Phi) is 8.48. The molecule has 2 aliphatic rings. The van der Waals surface area contributed by atoms with Crippen LogP contribution >= 0.6 is 0 Å². The van der Waals surface area contributed by atoms with E-state index in [9.17, 15) is 14.7 Å². The van der Waals surface area contributed by atoms with Gasteiger partial charge in [0, 0.05) is 19.6 Å². The number of hydrogen-bond acceptors (Lipinski definition) is 6. The van der Waals surface area contributed by atoms with E-state index in [-0.39, 0.29) is 18.5 Å². The average molecular weight is 496 g/mol. The molecule has 2 N–H and O–H groups in total. The van der Waals surface area contributed by atoms with Gasteiger partial charge in [0.15, 0.2) is 0 Å². The molecule has 194 valence electrons. The third kappa shape index (κ3) is 7.21. The predicted octanol–water partition coefficient (Wildman–Crippen LogP) is 3.42. The number of likely N-dealkylation sites (tertiary alicyclic amines) is 1. The largest absolute Gasteiger partial charge is 0.494 e. The Hall–Kier alpha value is -3.10. The van der Waals surface area contributed by atoms with Crippen molar-refractivity contribution in [3.05, 3.63) is 59.2 Å². The zero-order valence-corrected chi connectivity index (χ0v) is 21.3. The molecule has 0 radical (unpaired) electrons. The van der Waals surface area contributed by atoms with Crippen LogP contribution in [0.5, 0.6) is 11.5 Å². The molecule has 0 bridgehead atoms. The maximum atomic E-state index is 11.5. The predicted molar refractivity (Wildman–Crippen MR) is 137 cm³/mol. The zero-order valence-electron chi connectivity index (χ0n) is 21.3. The van der Waals surface area contributed by atoms with E-state index in [1.807, 2.05) is 31.2 Å². The van der Waals surface area contributed by atoms with Crippen LogP contribution in [0.2, 0.25) is 0 Å². The highest BCUT2D eigenvalue weighted by Gasteiger charge is 2.31. The van der Waals surface area contributed by atoms with Crippen molar-refractivity contribution in [1.29, 1.82) is 0 Å². The number of urea groups is 1. The van der Waals surface area contributed by atoms with Crippen molar-refractivity contribution in [1.82, 2.24) is 15.1 Å². The Bertz CT molecular complexity index is 1060. The Balaban J connectivity index is 1.19. The maximum Gasteiger partial charge on any atom is 0.324 e. The molecular weight excluding hydrogens is 458 g/mol. The number of nitrogens with zero attached hydrogens (tertiary/aromatic N) is 2. The molecule has 0 spiro atoms. The van der Waals surface area contributed by atoms with E-state index in [1.165, 1.54) is 16.0 Å². The van der Waals surface area contributed by atoms with Crippen LogP contribution in [0, 0.1) is 13.8 Å². The minimum absolute atomic E-state index is 0.126. The van der Waals surface area contributed by atoms with Gasteiger partial charge in [0.25, 0.3) is 0 Å². The van der Waals surface area contributed by atoms with Crippen LogP contribution in [0.1, 0.15) is 42.4 Å². The summed E-state index contributed by atoms with van der Waals surface area (Å²) in [5, 5.41) is 13.4. The first kappa shape index (κ1) is 26.0. The van der Waals surface area contributed by atoms with Gasteiger partial charge in [0.2, 0.25) is 5.91 Å². The van der Waals surface area contributed by atoms with Crippen molar-refractivity contribution >= 4 is 11.9 Å². The van der Waals surface area contributed by atoms with Crippen molar-refractivity contribution in [2.24, 2.45) is 0 Å². The van der Waals surface area contributed by atoms with E-state index in [2.05, 4.69) is 35.3 Å². The molecule has 2 aromatic carbocycles. The smallest absolute Gasteiger partial charge is 0.324 e. The van der Waals surface area contributed by atoms with Gasteiger partial charge in [0.1, 0.15) is 24.7 Å². The summed E-state index contributed by atoms with van der Waals surface area (Å²) in [6.07, 6.45) is 3.00. The minimum atomic E-state index is -0.813. The second-order valence-electron chi connectivity index (χ2n) is 10.0. The first-order valence-electron chi connectivity index (χ1n) is 12.7. The molecule has 2 fully saturated rings. The molecule has 2 heterocycles. The van der Waals surface area contributed by atoms with Crippen LogP contribution < -0.4 is 14.8 Å². The fraction of sp³-hybridized carbons (Fsp3) is 0.500. The quantitative estimate of drug-likeness (QED) is 0.388. The lowest BCUT2D eigenvalue weighted by Gasteiger charge is -2.27. The van der Waals surface area contributed by atoms with Gasteiger partial charge in [-0.2, -0.15) is 0 Å². The fourth-order valence-corrected chi connectivity index (χ4v) is 4.77. The summed E-state index contributed by atoms with van der Waals surface area (Å²) in [5.74, 6) is 1.37. The Labute approximate surface area is 213 Å². The van der Waals surface area contributed by atoms with Crippen molar-refractivity contribution in [3.63, 3.8) is 0 Å². The molecule has 8 heteroatoms. The summed E-state index contributed by atoms with van der Waals surface area (Å²) in [6.45, 7) is 8.10. The summed E-state index contributed by atoms with van der Waals surface area (Å²) < 4.78 is 11.8. The molecule has 0 aromatic heterocycles. The number of aryl methyl sites for hydroxylation is 2. The van der Waals surface area contributed by atoms with E-state index in [4.69, 9.17) is 9.47 Å². The fourth-order valence-electron chi connectivity index (χ4n) is 4.77. The lowest BCUT2D eigenvalue weighted by Crippen LogP contribution is -2.37. The van der Waals surface area contributed by atoms with E-state index in [0.717, 1.165) is 49.5 Å². The van der Waals surface area contributed by atoms with Gasteiger partial charge in [-0.05, 0) is 75.4 Å². The SMILES string of the molecule is Cc1ccc(OCC2(O)CCCN(Cc3ccc(OCCCN4CC(=O)NC4=O)cc3)CC2)c(C)c1. The third-order valence-electron chi connectivity index (χ3n) is 6.88. The van der Waals surface area contributed by atoms with Gasteiger partial charge in [-0.1, -0.05) is 29.8 Å². The number of aliphatic hydroxyl groups is 1. The van der Waals surface area contributed by atoms with Crippen LogP contribution in [0.4, 0.5) is 4.79 Å². The molecule has 0 saturated carbocycles. The van der Waals surface area contributed by atoms with E-state index >= 15 is 0 Å². The second kappa shape index (κ2) is 11.8. The summed E-state index contributed by atoms with van der Waals surface area (Å²) >= 11 is 0. The Morgan fingerprint density at radius 1 is 1.03 bits per heavy atom. The number of amides is 3. The third-order valence-corrected chi connectivity index (χ3v) is 6.88. The van der Waals surface area contributed by atoms with E-state index in [1.54, 1.807) is 0 Å². The summed E-state index contributed by atoms with van der Waals surface area (Å²) in [4.78, 5) is 26.6. The van der Waals surface area contributed by atoms with Gasteiger partial charge < -0.3 is 19.5 Å². The van der Waals surface area contributed by atoms with Gasteiger partial charge in [-0.15, -0.1) is 0 Å². The first-order chi connectivity index (χ1) is 17.3. The van der Waals surface area contributed by atoms with E-state index in [0.29, 0.717) is 32.6 Å². The summed E-state index contributed by atoms with van der Waals surface area (Å²) in [7, 11) is 0. The zero-order chi connectivity index (χ0) is 25.5. The molecule has 36 heavy (non-hydrogen) atoms. The number of imide groups is 1. The summed E-state index contributed by atoms with van der Waals surface area (Å²) in [6, 6.07) is 13.9. The molecule has 3 amide bonds. The van der Waals surface area contributed by atoms with Crippen LogP contribution in [0.3, 0.4) is 0 Å². The minimum Gasteiger partial charge on any atom is -0.494 e. The van der Waals surface area contributed by atoms with Crippen molar-refractivity contribution in [2.45, 2.75) is 51.7 Å². The lowest BCUT2D eigenvalue weighted by molar-refractivity contribution is -0.118. The number of carbonyl (C=O) groups is 2. The summed E-state index contributed by atoms with van der Waals surface area (Å²) in [5.41, 5.74) is 2.69. The average Bonchev–Trinajstić information content (AvgIpc) is 3.05. The van der Waals surface area contributed by atoms with Crippen LogP contribution in [-0.4, -0.2) is 71.8 Å². The number of ether oxygens (including phenoxy) is 2. The van der Waals surface area contributed by atoms with Crippen molar-refractivity contribution in [3.8, 4) is 11.5 Å². The molecule has 1 atom stereocenters. The molecule has 0 aliphatic carbocycles. The highest BCUT2D eigenvalue weighted by molar-refractivity contribution is 6.01. The Morgan fingerprint density at radius 3 is 2.56 bits per heavy atom. The molecule has 1 unspecified atom stereocenters. The number of nitrogens with one attached hydrogen (secondary N) is 1. The van der Waals surface area contributed by atoms with Crippen molar-refractivity contribution in [2.75, 3.05) is 39.4 Å². The number of hydrogen-bond donors (Lipinski definition) is 2. The second-order valence-corrected chi connectivity index (χ2v) is 10.0. The van der Waals surface area contributed by atoms with Crippen LogP contribution in [0.15, 0.2) is 42.5 Å². The molecule has 2 saturated heterocycles. The van der Waals surface area contributed by atoms with Gasteiger partial charge in [-0.3, -0.25) is 15.0 Å². The monoisotopic (exact) mass is 495 g/mol. The maximum absolute atomic E-state index is 11.5. The number of rotatable bonds is 10. The normalized spacial score (nSPS) is 20.8. The highest BCUT2D eigenvalue weighted by atomic mass is 16.5. The first-order valence-corrected chi connectivity index (χ1v) is 12.7.